The second-order valence-electron chi connectivity index (χ2n) is 12.0. The molecule has 6 aromatic rings. The molecule has 4 heterocycles. The van der Waals surface area contributed by atoms with Crippen molar-refractivity contribution < 1.29 is 19.4 Å². The predicted molar refractivity (Wildman–Crippen MR) is 204 cm³/mol. The average molecular weight is 871 g/mol. The zero-order valence-corrected chi connectivity index (χ0v) is 32.1. The maximum absolute atomic E-state index is 12.5. The van der Waals surface area contributed by atoms with Crippen LogP contribution >= 0.6 is 45.2 Å². The summed E-state index contributed by atoms with van der Waals surface area (Å²) in [7, 11) is 0. The second-order valence-corrected chi connectivity index (χ2v) is 14.2. The van der Waals surface area contributed by atoms with Crippen molar-refractivity contribution in [2.45, 2.75) is 60.3 Å². The van der Waals surface area contributed by atoms with Crippen molar-refractivity contribution in [1.82, 2.24) is 29.5 Å². The summed E-state index contributed by atoms with van der Waals surface area (Å²) in [5.41, 5.74) is 7.72. The highest BCUT2D eigenvalue weighted by atomic mass is 127. The number of esters is 1. The molecule has 2 aromatic carbocycles. The predicted octanol–water partition coefficient (Wildman–Crippen LogP) is 8.79. The normalized spacial score (nSPS) is 11.3. The van der Waals surface area contributed by atoms with Gasteiger partial charge in [0.1, 0.15) is 7.40 Å². The Morgan fingerprint density at radius 1 is 0.750 bits per heavy atom. The van der Waals surface area contributed by atoms with Crippen molar-refractivity contribution >= 4 is 79.2 Å². The first kappa shape index (κ1) is 35.4. The van der Waals surface area contributed by atoms with E-state index in [-0.39, 0.29) is 23.4 Å². The minimum Gasteiger partial charge on any atom is -0.478 e. The van der Waals surface area contributed by atoms with Crippen LogP contribution in [-0.2, 0) is 4.74 Å². The molecule has 12 heteroatoms. The molecular formula is C36H36I2N6O4. The van der Waals surface area contributed by atoms with Crippen LogP contribution in [0.3, 0.4) is 0 Å². The van der Waals surface area contributed by atoms with Gasteiger partial charge < -0.3 is 9.84 Å². The Bertz CT molecular complexity index is 2170. The lowest BCUT2D eigenvalue weighted by molar-refractivity contribution is 0.0528. The van der Waals surface area contributed by atoms with Gasteiger partial charge in [-0.1, -0.05) is 52.0 Å². The molecule has 0 saturated heterocycles. The number of carboxylic acids is 1. The van der Waals surface area contributed by atoms with Gasteiger partial charge in [-0.15, -0.1) is 0 Å². The zero-order chi connectivity index (χ0) is 34.9. The number of ether oxygens (including phenoxy) is 1. The van der Waals surface area contributed by atoms with Crippen LogP contribution in [0.4, 0.5) is 0 Å². The van der Waals surface area contributed by atoms with Crippen LogP contribution in [0.25, 0.3) is 33.4 Å². The van der Waals surface area contributed by atoms with Gasteiger partial charge in [-0.3, -0.25) is 0 Å². The van der Waals surface area contributed by atoms with E-state index < -0.39 is 5.97 Å². The fourth-order valence-corrected chi connectivity index (χ4v) is 6.53. The van der Waals surface area contributed by atoms with Crippen LogP contribution in [0.15, 0.2) is 60.7 Å². The Labute approximate surface area is 306 Å². The van der Waals surface area contributed by atoms with Crippen LogP contribution in [0.2, 0.25) is 0 Å². The summed E-state index contributed by atoms with van der Waals surface area (Å²) >= 11 is 4.17. The van der Waals surface area contributed by atoms with Gasteiger partial charge in [-0.25, -0.2) is 28.9 Å². The number of aryl methyl sites for hydroxylation is 2. The standard InChI is InChI=1S/C19H20IN3O2.C17H16IN3O2/c1-5-25-19(24)14-10-15(20)21-18-16(14)17(11(2)3)22-23(18)13-8-6-7-12(4)9-13;1-9(2)15-14-12(17(22)23)8-13(18)19-16(14)21(20-15)11-6-4-5-10(3)7-11/h6-11H,5H2,1-4H3;4-9H,1-3H3,(H,22,23). The maximum Gasteiger partial charge on any atom is 0.339 e. The molecule has 0 unspecified atom stereocenters. The summed E-state index contributed by atoms with van der Waals surface area (Å²) in [6, 6.07) is 19.4. The molecule has 0 amide bonds. The molecule has 0 saturated carbocycles. The van der Waals surface area contributed by atoms with Gasteiger partial charge in [-0.05, 0) is 125 Å². The van der Waals surface area contributed by atoms with Crippen LogP contribution in [0, 0.1) is 21.2 Å². The highest BCUT2D eigenvalue weighted by Gasteiger charge is 2.25. The summed E-state index contributed by atoms with van der Waals surface area (Å²) < 4.78 is 10.2. The number of aromatic carboxylic acids is 1. The number of pyridine rings is 2. The maximum atomic E-state index is 12.5. The first-order valence-electron chi connectivity index (χ1n) is 15.5. The molecular weight excluding hydrogens is 834 g/mol. The van der Waals surface area contributed by atoms with Gasteiger partial charge >= 0.3 is 11.9 Å². The number of hydrogen-bond acceptors (Lipinski definition) is 7. The van der Waals surface area contributed by atoms with E-state index in [0.29, 0.717) is 32.6 Å². The molecule has 248 valence electrons. The smallest absolute Gasteiger partial charge is 0.339 e. The van der Waals surface area contributed by atoms with Gasteiger partial charge in [0.15, 0.2) is 11.3 Å². The third-order valence-corrected chi connectivity index (χ3v) is 8.68. The Balaban J connectivity index is 0.000000188. The summed E-state index contributed by atoms with van der Waals surface area (Å²) in [5, 5.41) is 20.4. The Morgan fingerprint density at radius 3 is 1.58 bits per heavy atom. The van der Waals surface area contributed by atoms with Crippen LogP contribution in [-0.4, -0.2) is 53.2 Å². The van der Waals surface area contributed by atoms with Crippen LogP contribution in [0.5, 0.6) is 0 Å². The Hall–Kier alpha value is -3.92. The SMILES string of the molecule is CCOC(=O)c1cc(I)nc2c1c(C(C)C)nn2-c1cccc(C)c1.Cc1cccc(-n2nc(C(C)C)c3c(C(=O)O)cc(I)nc32)c1. The number of carbonyl (C=O) groups excluding carboxylic acids is 1. The average Bonchev–Trinajstić information content (AvgIpc) is 3.60. The van der Waals surface area contributed by atoms with Gasteiger partial charge in [0, 0.05) is 0 Å². The summed E-state index contributed by atoms with van der Waals surface area (Å²) in [6.45, 7) is 14.3. The van der Waals surface area contributed by atoms with Crippen molar-refractivity contribution in [2.24, 2.45) is 0 Å². The van der Waals surface area contributed by atoms with Crippen molar-refractivity contribution in [1.29, 1.82) is 0 Å². The summed E-state index contributed by atoms with van der Waals surface area (Å²) in [4.78, 5) is 33.4. The third kappa shape index (κ3) is 7.23. The number of halogens is 2. The molecule has 0 aliphatic heterocycles. The molecule has 10 nitrogen and oxygen atoms in total. The quantitative estimate of drug-likeness (QED) is 0.0960. The Kier molecular flexibility index (Phi) is 10.8. The van der Waals surface area contributed by atoms with Crippen LogP contribution < -0.4 is 0 Å². The van der Waals surface area contributed by atoms with Crippen LogP contribution in [0.1, 0.15) is 89.7 Å². The van der Waals surface area contributed by atoms with Gasteiger partial charge in [0.2, 0.25) is 0 Å². The number of rotatable bonds is 7. The van der Waals surface area contributed by atoms with E-state index in [1.807, 2.05) is 97.4 Å². The van der Waals surface area contributed by atoms with E-state index in [1.165, 1.54) is 0 Å². The highest BCUT2D eigenvalue weighted by Crippen LogP contribution is 2.32. The molecule has 0 spiro atoms. The lowest BCUT2D eigenvalue weighted by Crippen LogP contribution is -2.07. The number of carbonyl (C=O) groups is 2. The summed E-state index contributed by atoms with van der Waals surface area (Å²) in [6.07, 6.45) is 0. The number of benzene rings is 2. The fourth-order valence-electron chi connectivity index (χ4n) is 5.45. The molecule has 0 aliphatic carbocycles. The van der Waals surface area contributed by atoms with Crippen molar-refractivity contribution in [3.8, 4) is 11.4 Å². The molecule has 0 aliphatic rings. The first-order valence-corrected chi connectivity index (χ1v) is 17.7. The van der Waals surface area contributed by atoms with E-state index in [2.05, 4.69) is 57.6 Å². The Morgan fingerprint density at radius 2 is 1.19 bits per heavy atom. The first-order chi connectivity index (χ1) is 22.8. The van der Waals surface area contributed by atoms with Crippen molar-refractivity contribution in [3.05, 3.63) is 102 Å². The number of hydrogen-bond donors (Lipinski definition) is 1. The third-order valence-electron chi connectivity index (χ3n) is 7.58. The number of carboxylic acid groups (broad SMARTS) is 1. The molecule has 0 bridgehead atoms. The van der Waals surface area contributed by atoms with E-state index in [4.69, 9.17) is 9.84 Å². The fraction of sp³-hybridized carbons (Fsp3) is 0.278. The molecule has 6 rings (SSSR count). The van der Waals surface area contributed by atoms with E-state index in [1.54, 1.807) is 23.7 Å². The highest BCUT2D eigenvalue weighted by molar-refractivity contribution is 14.1. The number of nitrogens with zero attached hydrogens (tertiary/aromatic N) is 6. The lowest BCUT2D eigenvalue weighted by atomic mass is 10.0. The van der Waals surface area contributed by atoms with Gasteiger partial charge in [-0.2, -0.15) is 10.2 Å². The number of fused-ring (bicyclic) bond motifs is 2. The van der Waals surface area contributed by atoms with E-state index >= 15 is 0 Å². The minimum absolute atomic E-state index is 0.100. The van der Waals surface area contributed by atoms with Gasteiger partial charge in [0.05, 0.1) is 51.3 Å². The van der Waals surface area contributed by atoms with Crippen molar-refractivity contribution in [3.63, 3.8) is 0 Å². The van der Waals surface area contributed by atoms with E-state index in [0.717, 1.165) is 43.0 Å². The monoisotopic (exact) mass is 870 g/mol. The second kappa shape index (κ2) is 14.7. The lowest BCUT2D eigenvalue weighted by Gasteiger charge is -2.07. The molecule has 0 atom stereocenters. The topological polar surface area (TPSA) is 125 Å². The van der Waals surface area contributed by atoms with E-state index in [9.17, 15) is 14.7 Å². The molecule has 48 heavy (non-hydrogen) atoms. The molecule has 0 fully saturated rings. The molecule has 0 radical (unpaired) electrons. The van der Waals surface area contributed by atoms with Crippen molar-refractivity contribution in [2.75, 3.05) is 6.61 Å². The molecule has 1 N–H and O–H groups in total. The molecule has 4 aromatic heterocycles. The number of aromatic nitrogens is 6. The largest absolute Gasteiger partial charge is 0.478 e. The summed E-state index contributed by atoms with van der Waals surface area (Å²) in [5.74, 6) is -1.04. The zero-order valence-electron chi connectivity index (χ0n) is 27.7. The van der Waals surface area contributed by atoms with Gasteiger partial charge in [0.25, 0.3) is 0 Å². The minimum atomic E-state index is -0.957.